The molecule has 0 aliphatic heterocycles. The van der Waals surface area contributed by atoms with Gasteiger partial charge in [0, 0.05) is 26.2 Å². The Bertz CT molecular complexity index is 857. The molecule has 4 heteroatoms. The highest BCUT2D eigenvalue weighted by Crippen LogP contribution is 2.18. The summed E-state index contributed by atoms with van der Waals surface area (Å²) in [6, 6.07) is 17.1. The van der Waals surface area contributed by atoms with Gasteiger partial charge in [-0.05, 0) is 59.0 Å². The van der Waals surface area contributed by atoms with E-state index in [1.54, 1.807) is 6.07 Å². The van der Waals surface area contributed by atoms with Crippen LogP contribution in [0.5, 0.6) is 0 Å². The van der Waals surface area contributed by atoms with Crippen molar-refractivity contribution in [1.29, 1.82) is 5.26 Å². The summed E-state index contributed by atoms with van der Waals surface area (Å²) in [7, 11) is 0. The number of rotatable bonds is 3. The van der Waals surface area contributed by atoms with Gasteiger partial charge in [-0.15, -0.1) is 0 Å². The summed E-state index contributed by atoms with van der Waals surface area (Å²) < 4.78 is 3.02. The Kier molecular flexibility index (Phi) is 3.76. The van der Waals surface area contributed by atoms with Gasteiger partial charge in [0.1, 0.15) is 0 Å². The van der Waals surface area contributed by atoms with E-state index in [-0.39, 0.29) is 5.78 Å². The van der Waals surface area contributed by atoms with Crippen molar-refractivity contribution in [2.24, 2.45) is 0 Å². The van der Waals surface area contributed by atoms with Crippen molar-refractivity contribution in [2.45, 2.75) is 6.54 Å². The fourth-order valence-corrected chi connectivity index (χ4v) is 2.65. The highest BCUT2D eigenvalue weighted by atomic mass is 127. The van der Waals surface area contributed by atoms with Crippen LogP contribution in [0.4, 0.5) is 0 Å². The maximum absolute atomic E-state index is 12.3. The molecular weight excluding hydrogens is 375 g/mol. The lowest BCUT2D eigenvalue weighted by Gasteiger charge is -2.05. The Hall–Kier alpha value is -2.13. The number of benzene rings is 2. The first-order valence-corrected chi connectivity index (χ1v) is 7.53. The van der Waals surface area contributed by atoms with E-state index < -0.39 is 0 Å². The lowest BCUT2D eigenvalue weighted by Crippen LogP contribution is -2.09. The summed E-state index contributed by atoms with van der Waals surface area (Å²) >= 11 is 2.22. The first-order chi connectivity index (χ1) is 10.2. The van der Waals surface area contributed by atoms with E-state index in [0.29, 0.717) is 17.7 Å². The van der Waals surface area contributed by atoms with Crippen LogP contribution in [0.15, 0.2) is 54.7 Å². The zero-order chi connectivity index (χ0) is 14.8. The third kappa shape index (κ3) is 2.83. The molecule has 0 aliphatic carbocycles. The van der Waals surface area contributed by atoms with E-state index >= 15 is 0 Å². The molecule has 0 N–H and O–H groups in total. The van der Waals surface area contributed by atoms with Gasteiger partial charge in [0.05, 0.1) is 18.2 Å². The predicted octanol–water partition coefficient (Wildman–Crippen LogP) is 4.00. The number of fused-ring (bicyclic) bond motifs is 1. The van der Waals surface area contributed by atoms with E-state index in [1.807, 2.05) is 53.2 Å². The number of nitriles is 1. The van der Waals surface area contributed by atoms with E-state index in [2.05, 4.69) is 28.7 Å². The van der Waals surface area contributed by atoms with Crippen molar-refractivity contribution in [3.8, 4) is 6.07 Å². The van der Waals surface area contributed by atoms with Gasteiger partial charge < -0.3 is 4.57 Å². The Labute approximate surface area is 136 Å². The second kappa shape index (κ2) is 5.70. The number of carbonyl (C=O) groups is 1. The summed E-state index contributed by atoms with van der Waals surface area (Å²) in [5.74, 6) is 0.0771. The Morgan fingerprint density at radius 3 is 2.62 bits per heavy atom. The molecule has 1 aromatic heterocycles. The molecule has 0 aliphatic rings. The molecule has 3 aromatic rings. The van der Waals surface area contributed by atoms with Gasteiger partial charge in [0.25, 0.3) is 0 Å². The molecule has 0 bridgehead atoms. The van der Waals surface area contributed by atoms with E-state index in [9.17, 15) is 4.79 Å². The van der Waals surface area contributed by atoms with E-state index in [1.165, 1.54) is 0 Å². The molecule has 0 unspecified atom stereocenters. The lowest BCUT2D eigenvalue weighted by atomic mass is 10.1. The van der Waals surface area contributed by atoms with Crippen LogP contribution >= 0.6 is 22.6 Å². The van der Waals surface area contributed by atoms with Crippen LogP contribution in [0.2, 0.25) is 0 Å². The lowest BCUT2D eigenvalue weighted by molar-refractivity contribution is 0.0973. The van der Waals surface area contributed by atoms with Crippen molar-refractivity contribution in [1.82, 2.24) is 4.57 Å². The smallest absolute Gasteiger partial charge is 0.182 e. The normalized spacial score (nSPS) is 10.5. The maximum atomic E-state index is 12.3. The summed E-state index contributed by atoms with van der Waals surface area (Å²) in [4.78, 5) is 12.3. The molecule has 0 amide bonds. The third-order valence-corrected chi connectivity index (χ3v) is 4.10. The van der Waals surface area contributed by atoms with Crippen molar-refractivity contribution in [3.63, 3.8) is 0 Å². The molecule has 3 nitrogen and oxygen atoms in total. The monoisotopic (exact) mass is 386 g/mol. The maximum Gasteiger partial charge on any atom is 0.182 e. The predicted molar refractivity (Wildman–Crippen MR) is 90.1 cm³/mol. The molecule has 3 rings (SSSR count). The second-order valence-corrected chi connectivity index (χ2v) is 6.00. The average Bonchev–Trinajstić information content (AvgIpc) is 2.90. The largest absolute Gasteiger partial charge is 0.340 e. The number of Topliss-reactive ketones (excluding diaryl/α,β-unsaturated/α-hetero) is 1. The summed E-state index contributed by atoms with van der Waals surface area (Å²) in [5.41, 5.74) is 2.31. The van der Waals surface area contributed by atoms with E-state index in [4.69, 9.17) is 5.26 Å². The van der Waals surface area contributed by atoms with Crippen LogP contribution in [-0.2, 0) is 6.54 Å². The highest BCUT2D eigenvalue weighted by Gasteiger charge is 2.09. The van der Waals surface area contributed by atoms with Crippen molar-refractivity contribution >= 4 is 39.3 Å². The molecule has 0 saturated heterocycles. The first kappa shape index (κ1) is 13.8. The van der Waals surface area contributed by atoms with Gasteiger partial charge in [-0.1, -0.05) is 12.1 Å². The molecule has 0 atom stereocenters. The number of ketones is 1. The van der Waals surface area contributed by atoms with Crippen LogP contribution < -0.4 is 0 Å². The molecule has 0 radical (unpaired) electrons. The second-order valence-electron chi connectivity index (χ2n) is 4.76. The minimum atomic E-state index is 0.0771. The summed E-state index contributed by atoms with van der Waals surface area (Å²) in [6.07, 6.45) is 1.89. The number of hydrogen-bond acceptors (Lipinski definition) is 2. The van der Waals surface area contributed by atoms with Crippen molar-refractivity contribution in [2.75, 3.05) is 0 Å². The van der Waals surface area contributed by atoms with Crippen molar-refractivity contribution < 1.29 is 4.79 Å². The number of nitrogens with zero attached hydrogens (tertiary/aromatic N) is 2. The van der Waals surface area contributed by atoms with Gasteiger partial charge in [-0.25, -0.2) is 0 Å². The fourth-order valence-electron chi connectivity index (χ4n) is 2.29. The molecule has 0 saturated carbocycles. The van der Waals surface area contributed by atoms with Crippen LogP contribution in [0.3, 0.4) is 0 Å². The van der Waals surface area contributed by atoms with Crippen LogP contribution in [0.25, 0.3) is 10.9 Å². The molecular formula is C17H11IN2O. The first-order valence-electron chi connectivity index (χ1n) is 6.45. The number of halogens is 1. The van der Waals surface area contributed by atoms with Crippen LogP contribution in [-0.4, -0.2) is 10.4 Å². The van der Waals surface area contributed by atoms with Gasteiger partial charge in [0.15, 0.2) is 5.78 Å². The molecule has 0 fully saturated rings. The molecule has 0 spiro atoms. The topological polar surface area (TPSA) is 45.8 Å². The summed E-state index contributed by atoms with van der Waals surface area (Å²) in [6.45, 7) is 0.302. The van der Waals surface area contributed by atoms with Gasteiger partial charge in [-0.2, -0.15) is 5.26 Å². The van der Waals surface area contributed by atoms with Crippen LogP contribution in [0.1, 0.15) is 15.9 Å². The number of hydrogen-bond donors (Lipinski definition) is 0. The number of aromatic nitrogens is 1. The Morgan fingerprint density at radius 2 is 1.90 bits per heavy atom. The minimum Gasteiger partial charge on any atom is -0.340 e. The third-order valence-electron chi connectivity index (χ3n) is 3.38. The van der Waals surface area contributed by atoms with Gasteiger partial charge in [-0.3, -0.25) is 4.79 Å². The zero-order valence-corrected chi connectivity index (χ0v) is 13.2. The highest BCUT2D eigenvalue weighted by molar-refractivity contribution is 14.1. The Morgan fingerprint density at radius 1 is 1.14 bits per heavy atom. The number of carbonyl (C=O) groups excluding carboxylic acids is 1. The van der Waals surface area contributed by atoms with E-state index in [0.717, 1.165) is 14.5 Å². The molecule has 21 heavy (non-hydrogen) atoms. The SMILES string of the molecule is N#Cc1ccc2c(ccn2CC(=O)c2ccc(I)cc2)c1. The quantitative estimate of drug-likeness (QED) is 0.505. The van der Waals surface area contributed by atoms with Gasteiger partial charge >= 0.3 is 0 Å². The standard InChI is InChI=1S/C17H11IN2O/c18-15-4-2-13(3-5-15)17(21)11-20-8-7-14-9-12(10-19)1-6-16(14)20/h1-9H,11H2. The molecule has 2 aromatic carbocycles. The van der Waals surface area contributed by atoms with Gasteiger partial charge in [0.2, 0.25) is 0 Å². The average molecular weight is 386 g/mol. The Balaban J connectivity index is 1.90. The minimum absolute atomic E-state index is 0.0771. The van der Waals surface area contributed by atoms with Crippen molar-refractivity contribution in [3.05, 3.63) is 69.4 Å². The zero-order valence-electron chi connectivity index (χ0n) is 11.1. The fraction of sp³-hybridized carbons (Fsp3) is 0.0588. The summed E-state index contributed by atoms with van der Waals surface area (Å²) in [5, 5.41) is 9.89. The van der Waals surface area contributed by atoms with Crippen LogP contribution in [0, 0.1) is 14.9 Å². The molecule has 102 valence electrons. The molecule has 1 heterocycles.